The molecular formula is C20H16N4O. The maximum atomic E-state index is 13.1. The molecule has 2 aromatic carbocycles. The number of nitrogens with zero attached hydrogens (tertiary/aromatic N) is 4. The van der Waals surface area contributed by atoms with Gasteiger partial charge in [0, 0.05) is 11.6 Å². The first-order chi connectivity index (χ1) is 12.2. The number of hydrogen-bond donors (Lipinski definition) is 0. The first kappa shape index (κ1) is 16.4. The lowest BCUT2D eigenvalue weighted by Gasteiger charge is -2.24. The molecule has 1 aliphatic heterocycles. The van der Waals surface area contributed by atoms with Crippen molar-refractivity contribution in [3.8, 4) is 12.1 Å². The maximum absolute atomic E-state index is 13.1. The summed E-state index contributed by atoms with van der Waals surface area (Å²) >= 11 is 0. The molecule has 2 atom stereocenters. The Hall–Kier alpha value is -3.44. The van der Waals surface area contributed by atoms with Crippen LogP contribution >= 0.6 is 0 Å². The number of carbonyl (C=O) groups is 1. The molecule has 0 aliphatic carbocycles. The summed E-state index contributed by atoms with van der Waals surface area (Å²) < 4.78 is 0. The van der Waals surface area contributed by atoms with Gasteiger partial charge in [0.1, 0.15) is 5.92 Å². The van der Waals surface area contributed by atoms with Gasteiger partial charge in [-0.15, -0.1) is 0 Å². The van der Waals surface area contributed by atoms with E-state index in [1.165, 1.54) is 5.01 Å². The number of hydrogen-bond acceptors (Lipinski definition) is 4. The molecule has 0 N–H and O–H groups in total. The second-order valence-corrected chi connectivity index (χ2v) is 5.88. The number of anilines is 1. The van der Waals surface area contributed by atoms with Gasteiger partial charge in [0.15, 0.2) is 0 Å². The minimum atomic E-state index is -0.933. The lowest BCUT2D eigenvalue weighted by Crippen LogP contribution is -2.34. The highest BCUT2D eigenvalue weighted by Gasteiger charge is 2.44. The Morgan fingerprint density at radius 3 is 2.12 bits per heavy atom. The molecule has 0 saturated carbocycles. The summed E-state index contributed by atoms with van der Waals surface area (Å²) in [5, 5.41) is 24.6. The first-order valence-electron chi connectivity index (χ1n) is 7.95. The van der Waals surface area contributed by atoms with Gasteiger partial charge in [-0.25, -0.2) is 5.01 Å². The number of benzene rings is 2. The van der Waals surface area contributed by atoms with Crippen molar-refractivity contribution in [1.82, 2.24) is 0 Å². The van der Waals surface area contributed by atoms with E-state index >= 15 is 0 Å². The van der Waals surface area contributed by atoms with E-state index in [9.17, 15) is 15.3 Å². The molecule has 1 heterocycles. The van der Waals surface area contributed by atoms with E-state index in [1.54, 1.807) is 19.1 Å². The van der Waals surface area contributed by atoms with Gasteiger partial charge in [0.2, 0.25) is 0 Å². The molecule has 1 aliphatic rings. The number of hydrazone groups is 1. The molecule has 0 unspecified atom stereocenters. The van der Waals surface area contributed by atoms with Crippen molar-refractivity contribution in [2.24, 2.45) is 16.9 Å². The first-order valence-corrected chi connectivity index (χ1v) is 7.95. The third-order valence-corrected chi connectivity index (χ3v) is 4.36. The van der Waals surface area contributed by atoms with Crippen molar-refractivity contribution >= 4 is 17.3 Å². The predicted octanol–water partition coefficient (Wildman–Crippen LogP) is 3.47. The van der Waals surface area contributed by atoms with Crippen LogP contribution in [-0.2, 0) is 4.79 Å². The molecule has 5 heteroatoms. The van der Waals surface area contributed by atoms with Crippen LogP contribution < -0.4 is 5.01 Å². The third kappa shape index (κ3) is 3.00. The van der Waals surface area contributed by atoms with Gasteiger partial charge < -0.3 is 0 Å². The summed E-state index contributed by atoms with van der Waals surface area (Å²) in [5.41, 5.74) is 2.07. The molecule has 3 rings (SSSR count). The Morgan fingerprint density at radius 2 is 1.56 bits per heavy atom. The Bertz CT molecular complexity index is 863. The summed E-state index contributed by atoms with van der Waals surface area (Å²) in [6.45, 7) is 1.77. The lowest BCUT2D eigenvalue weighted by atomic mass is 9.76. The minimum absolute atomic E-state index is 0.215. The van der Waals surface area contributed by atoms with Crippen LogP contribution in [0.5, 0.6) is 0 Å². The zero-order valence-corrected chi connectivity index (χ0v) is 13.7. The molecule has 0 fully saturated rings. The number of amides is 1. The van der Waals surface area contributed by atoms with Gasteiger partial charge in [-0.05, 0) is 24.6 Å². The smallest absolute Gasteiger partial charge is 0.256 e. The van der Waals surface area contributed by atoms with Crippen molar-refractivity contribution in [3.63, 3.8) is 0 Å². The SMILES string of the molecule is CC1=NN(c2ccccc2)C(=O)[C@@H]1[C@@H](c1ccccc1)C(C#N)C#N. The van der Waals surface area contributed by atoms with Gasteiger partial charge in [-0.2, -0.15) is 15.6 Å². The van der Waals surface area contributed by atoms with E-state index in [1.807, 2.05) is 60.7 Å². The van der Waals surface area contributed by atoms with E-state index in [4.69, 9.17) is 0 Å². The number of rotatable bonds is 4. The Morgan fingerprint density at radius 1 is 1.00 bits per heavy atom. The number of carbonyl (C=O) groups excluding carboxylic acids is 1. The lowest BCUT2D eigenvalue weighted by molar-refractivity contribution is -0.120. The van der Waals surface area contributed by atoms with E-state index in [2.05, 4.69) is 5.10 Å². The summed E-state index contributed by atoms with van der Waals surface area (Å²) in [7, 11) is 0. The summed E-state index contributed by atoms with van der Waals surface area (Å²) in [5.74, 6) is -2.33. The monoisotopic (exact) mass is 328 g/mol. The third-order valence-electron chi connectivity index (χ3n) is 4.36. The normalized spacial score (nSPS) is 17.8. The van der Waals surface area contributed by atoms with Crippen LogP contribution in [0.15, 0.2) is 65.8 Å². The minimum Gasteiger partial charge on any atom is -0.272 e. The van der Waals surface area contributed by atoms with Crippen molar-refractivity contribution < 1.29 is 4.79 Å². The quantitative estimate of drug-likeness (QED) is 0.862. The van der Waals surface area contributed by atoms with Crippen LogP contribution in [0.3, 0.4) is 0 Å². The maximum Gasteiger partial charge on any atom is 0.256 e. The van der Waals surface area contributed by atoms with E-state index in [0.29, 0.717) is 11.4 Å². The summed E-state index contributed by atoms with van der Waals surface area (Å²) in [6.07, 6.45) is 0. The molecule has 0 bridgehead atoms. The summed E-state index contributed by atoms with van der Waals surface area (Å²) in [4.78, 5) is 13.1. The fraction of sp³-hybridized carbons (Fsp3) is 0.200. The molecule has 0 spiro atoms. The highest BCUT2D eigenvalue weighted by molar-refractivity contribution is 6.15. The van der Waals surface area contributed by atoms with Crippen LogP contribution in [0.2, 0.25) is 0 Å². The van der Waals surface area contributed by atoms with Crippen LogP contribution in [-0.4, -0.2) is 11.6 Å². The molecule has 0 radical (unpaired) electrons. The van der Waals surface area contributed by atoms with E-state index in [-0.39, 0.29) is 5.91 Å². The van der Waals surface area contributed by atoms with Crippen LogP contribution in [0.1, 0.15) is 18.4 Å². The average Bonchev–Trinajstić information content (AvgIpc) is 2.95. The van der Waals surface area contributed by atoms with Gasteiger partial charge in [0.25, 0.3) is 5.91 Å². The van der Waals surface area contributed by atoms with Gasteiger partial charge >= 0.3 is 0 Å². The molecule has 0 saturated heterocycles. The standard InChI is InChI=1S/C20H16N4O/c1-14-18(20(25)24(23-14)17-10-6-3-7-11-17)19(16(12-21)13-22)15-8-4-2-5-9-15/h2-11,16,18-19H,1H3/t18-,19-/m0/s1. The molecule has 1 amide bonds. The van der Waals surface area contributed by atoms with E-state index in [0.717, 1.165) is 5.56 Å². The zero-order chi connectivity index (χ0) is 17.8. The molecule has 2 aromatic rings. The van der Waals surface area contributed by atoms with Crippen LogP contribution in [0, 0.1) is 34.5 Å². The fourth-order valence-corrected chi connectivity index (χ4v) is 3.19. The van der Waals surface area contributed by atoms with Crippen molar-refractivity contribution in [2.75, 3.05) is 5.01 Å². The van der Waals surface area contributed by atoms with Crippen molar-refractivity contribution in [3.05, 3.63) is 66.2 Å². The van der Waals surface area contributed by atoms with Crippen LogP contribution in [0.4, 0.5) is 5.69 Å². The van der Waals surface area contributed by atoms with Gasteiger partial charge in [0.05, 0.1) is 23.7 Å². The zero-order valence-electron chi connectivity index (χ0n) is 13.7. The van der Waals surface area contributed by atoms with Gasteiger partial charge in [-0.3, -0.25) is 4.79 Å². The van der Waals surface area contributed by atoms with Crippen molar-refractivity contribution in [2.45, 2.75) is 12.8 Å². The molecule has 5 nitrogen and oxygen atoms in total. The topological polar surface area (TPSA) is 80.2 Å². The molecule has 0 aromatic heterocycles. The van der Waals surface area contributed by atoms with Crippen molar-refractivity contribution in [1.29, 1.82) is 10.5 Å². The Labute approximate surface area is 146 Å². The average molecular weight is 328 g/mol. The van der Waals surface area contributed by atoms with E-state index < -0.39 is 17.8 Å². The molecular weight excluding hydrogens is 312 g/mol. The predicted molar refractivity (Wildman–Crippen MR) is 94.4 cm³/mol. The highest BCUT2D eigenvalue weighted by Crippen LogP contribution is 2.38. The number of para-hydroxylation sites is 1. The second kappa shape index (κ2) is 6.98. The number of nitriles is 2. The molecule has 122 valence electrons. The molecule has 25 heavy (non-hydrogen) atoms. The Balaban J connectivity index is 2.03. The van der Waals surface area contributed by atoms with Gasteiger partial charge in [-0.1, -0.05) is 48.5 Å². The Kier molecular flexibility index (Phi) is 4.59. The van der Waals surface area contributed by atoms with Crippen LogP contribution in [0.25, 0.3) is 0 Å². The second-order valence-electron chi connectivity index (χ2n) is 5.88. The summed E-state index contributed by atoms with van der Waals surface area (Å²) in [6, 6.07) is 22.5. The highest BCUT2D eigenvalue weighted by atomic mass is 16.2. The fourth-order valence-electron chi connectivity index (χ4n) is 3.19. The largest absolute Gasteiger partial charge is 0.272 e.